The number of amides is 1. The molecule has 2 aromatic rings. The molecule has 0 spiro atoms. The van der Waals surface area contributed by atoms with Crippen LogP contribution in [-0.2, 0) is 17.9 Å². The standard InChI is InChI=1S/C20H28N4O2/c1-2-10-23-17-5-3-4-6-18(17)24(20(23)26)11-9-19(25)22-16-12-14-7-8-15(13-16)21-14/h3-6,14-16,21H,2,7-13H2,1H3,(H,22,25). The minimum Gasteiger partial charge on any atom is -0.353 e. The molecule has 1 aromatic carbocycles. The van der Waals surface area contributed by atoms with Crippen LogP contribution in [-0.4, -0.2) is 33.2 Å². The highest BCUT2D eigenvalue weighted by atomic mass is 16.2. The lowest BCUT2D eigenvalue weighted by atomic mass is 10.00. The molecular formula is C20H28N4O2. The molecule has 1 amide bonds. The number of nitrogens with one attached hydrogen (secondary N) is 2. The van der Waals surface area contributed by atoms with Crippen LogP contribution in [0.3, 0.4) is 0 Å². The third-order valence-corrected chi connectivity index (χ3v) is 5.77. The van der Waals surface area contributed by atoms with Crippen LogP contribution in [0.5, 0.6) is 0 Å². The lowest BCUT2D eigenvalue weighted by molar-refractivity contribution is -0.122. The van der Waals surface area contributed by atoms with Crippen LogP contribution in [0.1, 0.15) is 45.4 Å². The third kappa shape index (κ3) is 3.30. The zero-order valence-corrected chi connectivity index (χ0v) is 15.4. The summed E-state index contributed by atoms with van der Waals surface area (Å²) < 4.78 is 3.56. The summed E-state index contributed by atoms with van der Waals surface area (Å²) in [6.07, 6.45) is 5.76. The molecule has 2 bridgehead atoms. The molecule has 0 aliphatic carbocycles. The van der Waals surface area contributed by atoms with Crippen LogP contribution in [0.4, 0.5) is 0 Å². The summed E-state index contributed by atoms with van der Waals surface area (Å²) in [5.74, 6) is 0.0514. The molecule has 2 N–H and O–H groups in total. The Balaban J connectivity index is 1.43. The van der Waals surface area contributed by atoms with E-state index < -0.39 is 0 Å². The van der Waals surface area contributed by atoms with Gasteiger partial charge in [-0.3, -0.25) is 13.9 Å². The van der Waals surface area contributed by atoms with Crippen LogP contribution >= 0.6 is 0 Å². The summed E-state index contributed by atoms with van der Waals surface area (Å²) in [7, 11) is 0. The second-order valence-corrected chi connectivity index (χ2v) is 7.70. The van der Waals surface area contributed by atoms with Gasteiger partial charge in [0.15, 0.2) is 0 Å². The number of aryl methyl sites for hydroxylation is 2. The lowest BCUT2D eigenvalue weighted by Gasteiger charge is -2.29. The molecule has 26 heavy (non-hydrogen) atoms. The average molecular weight is 356 g/mol. The molecule has 2 fully saturated rings. The summed E-state index contributed by atoms with van der Waals surface area (Å²) >= 11 is 0. The van der Waals surface area contributed by atoms with Crippen LogP contribution in [0.2, 0.25) is 0 Å². The number of nitrogens with zero attached hydrogens (tertiary/aromatic N) is 2. The largest absolute Gasteiger partial charge is 0.353 e. The van der Waals surface area contributed by atoms with Gasteiger partial charge in [-0.05, 0) is 44.2 Å². The molecule has 2 atom stereocenters. The molecular weight excluding hydrogens is 328 g/mol. The van der Waals surface area contributed by atoms with Crippen molar-refractivity contribution < 1.29 is 4.79 Å². The molecule has 3 heterocycles. The minimum absolute atomic E-state index is 0.0132. The van der Waals surface area contributed by atoms with E-state index in [1.807, 2.05) is 28.8 Å². The predicted octanol–water partition coefficient (Wildman–Crippen LogP) is 2.00. The molecule has 1 aromatic heterocycles. The number of aromatic nitrogens is 2. The predicted molar refractivity (Wildman–Crippen MR) is 102 cm³/mol. The van der Waals surface area contributed by atoms with E-state index in [1.54, 1.807) is 4.57 Å². The molecule has 2 unspecified atom stereocenters. The number of carbonyl (C=O) groups is 1. The SMILES string of the molecule is CCCn1c(=O)n(CCC(=O)NC2CC3CCC(C2)N3)c2ccccc21. The molecule has 2 aliphatic heterocycles. The Bertz CT molecular complexity index is 841. The Hall–Kier alpha value is -2.08. The zero-order valence-electron chi connectivity index (χ0n) is 15.4. The van der Waals surface area contributed by atoms with E-state index in [-0.39, 0.29) is 17.6 Å². The Morgan fingerprint density at radius 2 is 1.73 bits per heavy atom. The maximum atomic E-state index is 12.8. The summed E-state index contributed by atoms with van der Waals surface area (Å²) in [6, 6.07) is 9.25. The summed E-state index contributed by atoms with van der Waals surface area (Å²) in [6.45, 7) is 3.20. The van der Waals surface area contributed by atoms with Crippen molar-refractivity contribution in [2.24, 2.45) is 0 Å². The fourth-order valence-electron chi connectivity index (χ4n) is 4.62. The number of carbonyl (C=O) groups excluding carboxylic acids is 1. The van der Waals surface area contributed by atoms with Gasteiger partial charge in [0.2, 0.25) is 5.91 Å². The fraction of sp³-hybridized carbons (Fsp3) is 0.600. The summed E-state index contributed by atoms with van der Waals surface area (Å²) in [4.78, 5) is 25.2. The van der Waals surface area contributed by atoms with Gasteiger partial charge >= 0.3 is 5.69 Å². The van der Waals surface area contributed by atoms with Crippen LogP contribution < -0.4 is 16.3 Å². The van der Waals surface area contributed by atoms with Crippen molar-refractivity contribution in [3.63, 3.8) is 0 Å². The van der Waals surface area contributed by atoms with E-state index in [2.05, 4.69) is 17.6 Å². The molecule has 0 saturated carbocycles. The number of imidazole rings is 1. The topological polar surface area (TPSA) is 68.1 Å². The highest BCUT2D eigenvalue weighted by Gasteiger charge is 2.33. The normalized spacial score (nSPS) is 24.9. The van der Waals surface area contributed by atoms with Crippen molar-refractivity contribution in [2.75, 3.05) is 0 Å². The number of fused-ring (bicyclic) bond motifs is 3. The number of piperidine rings is 1. The Morgan fingerprint density at radius 3 is 2.35 bits per heavy atom. The second kappa shape index (κ2) is 7.27. The molecule has 2 saturated heterocycles. The first-order valence-electron chi connectivity index (χ1n) is 9.89. The molecule has 0 radical (unpaired) electrons. The van der Waals surface area contributed by atoms with Crippen molar-refractivity contribution in [3.05, 3.63) is 34.7 Å². The lowest BCUT2D eigenvalue weighted by Crippen LogP contribution is -2.48. The van der Waals surface area contributed by atoms with Gasteiger partial charge in [0.25, 0.3) is 0 Å². The molecule has 6 nitrogen and oxygen atoms in total. The van der Waals surface area contributed by atoms with E-state index in [0.29, 0.717) is 31.6 Å². The first-order valence-corrected chi connectivity index (χ1v) is 9.89. The molecule has 6 heteroatoms. The zero-order chi connectivity index (χ0) is 18.1. The number of hydrogen-bond donors (Lipinski definition) is 2. The summed E-state index contributed by atoms with van der Waals surface area (Å²) in [5, 5.41) is 6.78. The van der Waals surface area contributed by atoms with Gasteiger partial charge in [0.05, 0.1) is 11.0 Å². The van der Waals surface area contributed by atoms with Crippen molar-refractivity contribution in [2.45, 2.75) is 76.7 Å². The maximum absolute atomic E-state index is 12.8. The van der Waals surface area contributed by atoms with Gasteiger partial charge in [0.1, 0.15) is 0 Å². The Kier molecular flexibility index (Phi) is 4.85. The van der Waals surface area contributed by atoms with Gasteiger partial charge in [0, 0.05) is 37.6 Å². The highest BCUT2D eigenvalue weighted by Crippen LogP contribution is 2.26. The Morgan fingerprint density at radius 1 is 1.12 bits per heavy atom. The number of para-hydroxylation sites is 2. The molecule has 4 rings (SSSR count). The Labute approximate surface area is 153 Å². The number of hydrogen-bond acceptors (Lipinski definition) is 3. The van der Waals surface area contributed by atoms with Gasteiger partial charge < -0.3 is 10.6 Å². The van der Waals surface area contributed by atoms with E-state index >= 15 is 0 Å². The third-order valence-electron chi connectivity index (χ3n) is 5.77. The van der Waals surface area contributed by atoms with Crippen molar-refractivity contribution in [1.82, 2.24) is 19.8 Å². The van der Waals surface area contributed by atoms with Gasteiger partial charge in [-0.2, -0.15) is 0 Å². The fourth-order valence-corrected chi connectivity index (χ4v) is 4.62. The summed E-state index contributed by atoms with van der Waals surface area (Å²) in [5.41, 5.74) is 1.86. The maximum Gasteiger partial charge on any atom is 0.329 e. The van der Waals surface area contributed by atoms with Crippen LogP contribution in [0.15, 0.2) is 29.1 Å². The number of rotatable bonds is 6. The smallest absolute Gasteiger partial charge is 0.329 e. The average Bonchev–Trinajstić information content (AvgIpc) is 3.11. The van der Waals surface area contributed by atoms with Gasteiger partial charge in [-0.1, -0.05) is 19.1 Å². The highest BCUT2D eigenvalue weighted by molar-refractivity contribution is 5.78. The van der Waals surface area contributed by atoms with Crippen LogP contribution in [0, 0.1) is 0 Å². The monoisotopic (exact) mass is 356 g/mol. The van der Waals surface area contributed by atoms with Gasteiger partial charge in [-0.25, -0.2) is 4.79 Å². The van der Waals surface area contributed by atoms with E-state index in [4.69, 9.17) is 0 Å². The van der Waals surface area contributed by atoms with Crippen molar-refractivity contribution in [1.29, 1.82) is 0 Å². The van der Waals surface area contributed by atoms with Crippen LogP contribution in [0.25, 0.3) is 11.0 Å². The molecule has 2 aliphatic rings. The second-order valence-electron chi connectivity index (χ2n) is 7.70. The molecule has 140 valence electrons. The van der Waals surface area contributed by atoms with E-state index in [1.165, 1.54) is 12.8 Å². The quantitative estimate of drug-likeness (QED) is 0.832. The number of benzene rings is 1. The van der Waals surface area contributed by atoms with Crippen molar-refractivity contribution >= 4 is 16.9 Å². The van der Waals surface area contributed by atoms with Gasteiger partial charge in [-0.15, -0.1) is 0 Å². The van der Waals surface area contributed by atoms with E-state index in [9.17, 15) is 9.59 Å². The van der Waals surface area contributed by atoms with E-state index in [0.717, 1.165) is 30.3 Å². The first kappa shape index (κ1) is 17.3. The van der Waals surface area contributed by atoms with Crippen molar-refractivity contribution in [3.8, 4) is 0 Å². The first-order chi connectivity index (χ1) is 12.7. The minimum atomic E-state index is -0.0132.